The van der Waals surface area contributed by atoms with Crippen LogP contribution < -0.4 is 5.73 Å². The van der Waals surface area contributed by atoms with E-state index in [2.05, 4.69) is 9.97 Å². The van der Waals surface area contributed by atoms with Crippen molar-refractivity contribution in [3.8, 4) is 11.1 Å². The van der Waals surface area contributed by atoms with Gasteiger partial charge in [0.1, 0.15) is 11.5 Å². The number of halogens is 3. The zero-order chi connectivity index (χ0) is 12.5. The molecule has 0 atom stereocenters. The first-order chi connectivity index (χ1) is 7.98. The Morgan fingerprint density at radius 3 is 2.35 bits per heavy atom. The lowest BCUT2D eigenvalue weighted by molar-refractivity contribution is -0.141. The third-order valence-corrected chi connectivity index (χ3v) is 2.20. The molecule has 0 bridgehead atoms. The van der Waals surface area contributed by atoms with Gasteiger partial charge in [-0.3, -0.25) is 4.98 Å². The highest BCUT2D eigenvalue weighted by atomic mass is 19.4. The van der Waals surface area contributed by atoms with Gasteiger partial charge in [-0.25, -0.2) is 4.98 Å². The van der Waals surface area contributed by atoms with Gasteiger partial charge >= 0.3 is 6.18 Å². The fraction of sp³-hybridized carbons (Fsp3) is 0.0909. The molecule has 0 saturated heterocycles. The van der Waals surface area contributed by atoms with E-state index in [4.69, 9.17) is 5.73 Å². The van der Waals surface area contributed by atoms with Crippen LogP contribution in [0.1, 0.15) is 5.69 Å². The van der Waals surface area contributed by atoms with E-state index in [9.17, 15) is 13.2 Å². The number of rotatable bonds is 1. The number of nitrogens with zero attached hydrogens (tertiary/aromatic N) is 2. The van der Waals surface area contributed by atoms with Gasteiger partial charge in [0.25, 0.3) is 0 Å². The Labute approximate surface area is 95.1 Å². The largest absolute Gasteiger partial charge is 0.433 e. The average molecular weight is 239 g/mol. The maximum atomic E-state index is 12.3. The lowest BCUT2D eigenvalue weighted by Gasteiger charge is -2.07. The molecular weight excluding hydrogens is 231 g/mol. The van der Waals surface area contributed by atoms with Crippen LogP contribution in [0.25, 0.3) is 11.1 Å². The molecule has 2 heterocycles. The molecule has 88 valence electrons. The van der Waals surface area contributed by atoms with Gasteiger partial charge in [0.2, 0.25) is 0 Å². The van der Waals surface area contributed by atoms with Crippen molar-refractivity contribution in [3.05, 3.63) is 42.4 Å². The summed E-state index contributed by atoms with van der Waals surface area (Å²) < 4.78 is 36.9. The average Bonchev–Trinajstić information content (AvgIpc) is 2.29. The van der Waals surface area contributed by atoms with Gasteiger partial charge in [0.15, 0.2) is 0 Å². The zero-order valence-electron chi connectivity index (χ0n) is 8.57. The monoisotopic (exact) mass is 239 g/mol. The summed E-state index contributed by atoms with van der Waals surface area (Å²) in [5.74, 6) is 0.258. The number of hydrogen-bond donors (Lipinski definition) is 1. The van der Waals surface area contributed by atoms with Gasteiger partial charge in [-0.1, -0.05) is 6.07 Å². The van der Waals surface area contributed by atoms with Gasteiger partial charge in [-0.05, 0) is 18.2 Å². The van der Waals surface area contributed by atoms with Crippen molar-refractivity contribution in [1.82, 2.24) is 9.97 Å². The number of alkyl halides is 3. The van der Waals surface area contributed by atoms with E-state index in [-0.39, 0.29) is 5.82 Å². The van der Waals surface area contributed by atoms with Crippen molar-refractivity contribution < 1.29 is 13.2 Å². The molecule has 0 amide bonds. The Balaban J connectivity index is 2.40. The fourth-order valence-corrected chi connectivity index (χ4v) is 1.38. The standard InChI is InChI=1S/C11H8F3N3/c12-11(13,14)9-4-3-7(6-17-9)8-2-1-5-16-10(8)15/h1-6H,(H2,15,16). The van der Waals surface area contributed by atoms with Crippen molar-refractivity contribution >= 4 is 5.82 Å². The van der Waals surface area contributed by atoms with Crippen molar-refractivity contribution in [3.63, 3.8) is 0 Å². The molecule has 0 aliphatic heterocycles. The summed E-state index contributed by atoms with van der Waals surface area (Å²) >= 11 is 0. The molecule has 0 radical (unpaired) electrons. The van der Waals surface area contributed by atoms with E-state index in [0.717, 1.165) is 12.3 Å². The van der Waals surface area contributed by atoms with Gasteiger partial charge in [0, 0.05) is 23.5 Å². The number of anilines is 1. The summed E-state index contributed by atoms with van der Waals surface area (Å²) in [4.78, 5) is 7.21. The molecule has 2 N–H and O–H groups in total. The highest BCUT2D eigenvalue weighted by Gasteiger charge is 2.32. The minimum Gasteiger partial charge on any atom is -0.383 e. The SMILES string of the molecule is Nc1ncccc1-c1ccc(C(F)(F)F)nc1. The molecule has 3 nitrogen and oxygen atoms in total. The molecule has 2 aromatic heterocycles. The summed E-state index contributed by atoms with van der Waals surface area (Å²) in [6, 6.07) is 5.57. The van der Waals surface area contributed by atoms with E-state index in [0.29, 0.717) is 11.1 Å². The first-order valence-corrected chi connectivity index (χ1v) is 4.72. The van der Waals surface area contributed by atoms with Gasteiger partial charge in [-0.2, -0.15) is 13.2 Å². The van der Waals surface area contributed by atoms with Crippen molar-refractivity contribution in [2.45, 2.75) is 6.18 Å². The predicted molar refractivity (Wildman–Crippen MR) is 56.9 cm³/mol. The molecule has 2 rings (SSSR count). The Kier molecular flexibility index (Phi) is 2.71. The third-order valence-electron chi connectivity index (χ3n) is 2.20. The summed E-state index contributed by atoms with van der Waals surface area (Å²) in [7, 11) is 0. The number of nitrogens with two attached hydrogens (primary N) is 1. The molecule has 0 fully saturated rings. The number of aromatic nitrogens is 2. The first kappa shape index (κ1) is 11.4. The number of hydrogen-bond acceptors (Lipinski definition) is 3. The van der Waals surface area contributed by atoms with Crippen LogP contribution in [0.4, 0.5) is 19.0 Å². The maximum absolute atomic E-state index is 12.3. The molecule has 0 spiro atoms. The second-order valence-electron chi connectivity index (χ2n) is 3.37. The lowest BCUT2D eigenvalue weighted by Crippen LogP contribution is -2.07. The van der Waals surface area contributed by atoms with Crippen LogP contribution in [0.15, 0.2) is 36.7 Å². The van der Waals surface area contributed by atoms with E-state index >= 15 is 0 Å². The highest BCUT2D eigenvalue weighted by molar-refractivity contribution is 5.72. The van der Waals surface area contributed by atoms with Crippen LogP contribution in [0.3, 0.4) is 0 Å². The van der Waals surface area contributed by atoms with Crippen molar-refractivity contribution in [2.75, 3.05) is 5.73 Å². The molecule has 0 aliphatic carbocycles. The maximum Gasteiger partial charge on any atom is 0.433 e. The predicted octanol–water partition coefficient (Wildman–Crippen LogP) is 2.74. The molecule has 0 unspecified atom stereocenters. The van der Waals surface area contributed by atoms with Crippen LogP contribution in [0, 0.1) is 0 Å². The van der Waals surface area contributed by atoms with Gasteiger partial charge in [0.05, 0.1) is 0 Å². The molecule has 17 heavy (non-hydrogen) atoms. The van der Waals surface area contributed by atoms with Crippen molar-refractivity contribution in [2.24, 2.45) is 0 Å². The number of pyridine rings is 2. The molecule has 0 aromatic carbocycles. The first-order valence-electron chi connectivity index (χ1n) is 4.72. The highest BCUT2D eigenvalue weighted by Crippen LogP contribution is 2.29. The van der Waals surface area contributed by atoms with Crippen molar-refractivity contribution in [1.29, 1.82) is 0 Å². The molecule has 2 aromatic rings. The zero-order valence-corrected chi connectivity index (χ0v) is 8.57. The number of nitrogen functional groups attached to an aromatic ring is 1. The molecule has 0 aliphatic rings. The quantitative estimate of drug-likeness (QED) is 0.832. The van der Waals surface area contributed by atoms with Gasteiger partial charge in [-0.15, -0.1) is 0 Å². The smallest absolute Gasteiger partial charge is 0.383 e. The van der Waals surface area contributed by atoms with E-state index in [1.807, 2.05) is 0 Å². The Morgan fingerprint density at radius 2 is 1.82 bits per heavy atom. The Morgan fingerprint density at radius 1 is 1.06 bits per heavy atom. The normalized spacial score (nSPS) is 11.5. The van der Waals surface area contributed by atoms with Crippen LogP contribution in [0.5, 0.6) is 0 Å². The minimum absolute atomic E-state index is 0.258. The van der Waals surface area contributed by atoms with Gasteiger partial charge < -0.3 is 5.73 Å². The third kappa shape index (κ3) is 2.35. The summed E-state index contributed by atoms with van der Waals surface area (Å²) in [5, 5.41) is 0. The molecular formula is C11H8F3N3. The van der Waals surface area contributed by atoms with E-state index in [1.165, 1.54) is 12.3 Å². The second-order valence-corrected chi connectivity index (χ2v) is 3.37. The van der Waals surface area contributed by atoms with Crippen LogP contribution >= 0.6 is 0 Å². The van der Waals surface area contributed by atoms with Crippen LogP contribution in [-0.4, -0.2) is 9.97 Å². The van der Waals surface area contributed by atoms with E-state index in [1.54, 1.807) is 12.1 Å². The molecule has 6 heteroatoms. The minimum atomic E-state index is -4.43. The summed E-state index contributed by atoms with van der Waals surface area (Å²) in [6.45, 7) is 0. The second kappa shape index (κ2) is 4.04. The fourth-order valence-electron chi connectivity index (χ4n) is 1.38. The Bertz CT molecular complexity index is 520. The van der Waals surface area contributed by atoms with Crippen LogP contribution in [-0.2, 0) is 6.18 Å². The van der Waals surface area contributed by atoms with Crippen LogP contribution in [0.2, 0.25) is 0 Å². The lowest BCUT2D eigenvalue weighted by atomic mass is 10.1. The summed E-state index contributed by atoms with van der Waals surface area (Å²) in [6.07, 6.45) is -1.79. The topological polar surface area (TPSA) is 51.8 Å². The molecule has 0 saturated carbocycles. The Hall–Kier alpha value is -2.11. The summed E-state index contributed by atoms with van der Waals surface area (Å²) in [5.41, 5.74) is 5.76. The van der Waals surface area contributed by atoms with E-state index < -0.39 is 11.9 Å².